The second-order valence-corrected chi connectivity index (χ2v) is 10.0. The van der Waals surface area contributed by atoms with E-state index in [4.69, 9.17) is 28.4 Å². The fraction of sp³-hybridized carbons (Fsp3) is 0.0800. The van der Waals surface area contributed by atoms with Crippen molar-refractivity contribution in [2.75, 3.05) is 23.0 Å². The fourth-order valence-electron chi connectivity index (χ4n) is 3.81. The summed E-state index contributed by atoms with van der Waals surface area (Å²) in [7, 11) is -4.67. The zero-order valence-corrected chi connectivity index (χ0v) is 22.2. The molecule has 3 aromatic heterocycles. The smallest absolute Gasteiger partial charge is 0.394 e. The van der Waals surface area contributed by atoms with Crippen LogP contribution in [-0.4, -0.2) is 50.0 Å². The van der Waals surface area contributed by atoms with Crippen molar-refractivity contribution in [1.82, 2.24) is 14.8 Å². The van der Waals surface area contributed by atoms with Gasteiger partial charge in [-0.1, -0.05) is 18.2 Å². The Morgan fingerprint density at radius 1 is 1.02 bits per heavy atom. The first kappa shape index (κ1) is 28.6. The van der Waals surface area contributed by atoms with Crippen molar-refractivity contribution >= 4 is 55.0 Å². The lowest BCUT2D eigenvalue weighted by Crippen LogP contribution is -2.19. The molecule has 208 valence electrons. The second kappa shape index (κ2) is 12.2. The molecule has 0 saturated heterocycles. The molecule has 0 fully saturated rings. The summed E-state index contributed by atoms with van der Waals surface area (Å²) in [4.78, 5) is 16.7. The third-order valence-corrected chi connectivity index (χ3v) is 6.45. The van der Waals surface area contributed by atoms with Crippen molar-refractivity contribution in [1.29, 1.82) is 0 Å². The van der Waals surface area contributed by atoms with E-state index in [2.05, 4.69) is 20.7 Å². The van der Waals surface area contributed by atoms with Crippen LogP contribution < -0.4 is 16.4 Å². The molecule has 0 bridgehead atoms. The van der Waals surface area contributed by atoms with Crippen LogP contribution in [0, 0.1) is 5.82 Å². The maximum Gasteiger partial charge on any atom is 0.394 e. The van der Waals surface area contributed by atoms with Crippen LogP contribution in [-0.2, 0) is 16.9 Å². The molecule has 7 N–H and O–H groups in total. The molecule has 0 saturated carbocycles. The molecule has 2 amide bonds. The number of hydrogen-bond acceptors (Lipinski definition) is 8. The Balaban J connectivity index is 0.000000681. The van der Waals surface area contributed by atoms with Crippen molar-refractivity contribution in [3.63, 3.8) is 0 Å². The van der Waals surface area contributed by atoms with E-state index in [1.54, 1.807) is 46.6 Å². The summed E-state index contributed by atoms with van der Waals surface area (Å²) >= 11 is 1.57. The van der Waals surface area contributed by atoms with Crippen LogP contribution >= 0.6 is 11.3 Å². The lowest BCUT2D eigenvalue weighted by atomic mass is 10.0. The summed E-state index contributed by atoms with van der Waals surface area (Å²) in [6, 6.07) is 12.6. The predicted molar refractivity (Wildman–Crippen MR) is 151 cm³/mol. The molecule has 5 rings (SSSR count). The minimum absolute atomic E-state index is 0.0109. The Bertz CT molecular complexity index is 1750. The number of amides is 2. The standard InChI is InChI=1S/C25H21FN6O2S.H2O4S/c26-17-2-1-3-19(10-17)31-25(34)30-18-6-4-15(5-7-18)21-14-35-23-20(12-28-24(27)22(21)23)16-11-29-32(13-16)8-9-33;1-5(2,3)4/h1-7,10-14,33H,8-9H2,(H2,27,28)(H2,30,31,34);(H2,1,2,3,4). The fourth-order valence-corrected chi connectivity index (χ4v) is 4.93. The molecule has 0 unspecified atom stereocenters. The number of aromatic nitrogens is 3. The van der Waals surface area contributed by atoms with Crippen LogP contribution in [0.25, 0.3) is 32.3 Å². The van der Waals surface area contributed by atoms with E-state index < -0.39 is 22.2 Å². The molecule has 15 heteroatoms. The zero-order valence-electron chi connectivity index (χ0n) is 20.5. The molecule has 2 aromatic carbocycles. The van der Waals surface area contributed by atoms with Crippen LogP contribution in [0.5, 0.6) is 0 Å². The average molecular weight is 587 g/mol. The van der Waals surface area contributed by atoms with Gasteiger partial charge < -0.3 is 21.5 Å². The third kappa shape index (κ3) is 7.37. The topological polar surface area (TPSA) is 193 Å². The van der Waals surface area contributed by atoms with Crippen molar-refractivity contribution < 1.29 is 31.8 Å². The number of rotatable bonds is 6. The highest BCUT2D eigenvalue weighted by molar-refractivity contribution is 7.79. The van der Waals surface area contributed by atoms with E-state index in [1.165, 1.54) is 18.2 Å². The van der Waals surface area contributed by atoms with Crippen molar-refractivity contribution in [2.24, 2.45) is 0 Å². The van der Waals surface area contributed by atoms with Gasteiger partial charge in [-0.15, -0.1) is 11.3 Å². The van der Waals surface area contributed by atoms with E-state index in [-0.39, 0.29) is 6.61 Å². The lowest BCUT2D eigenvalue weighted by Gasteiger charge is -2.09. The van der Waals surface area contributed by atoms with E-state index in [9.17, 15) is 9.18 Å². The number of fused-ring (bicyclic) bond motifs is 1. The molecule has 0 atom stereocenters. The number of halogens is 1. The Kier molecular flexibility index (Phi) is 8.71. The van der Waals surface area contributed by atoms with Crippen LogP contribution in [0.15, 0.2) is 72.5 Å². The quantitative estimate of drug-likeness (QED) is 0.155. The van der Waals surface area contributed by atoms with Crippen molar-refractivity contribution in [3.8, 4) is 22.3 Å². The van der Waals surface area contributed by atoms with E-state index in [1.807, 2.05) is 23.7 Å². The Labute approximate surface area is 231 Å². The van der Waals surface area contributed by atoms with Gasteiger partial charge in [-0.3, -0.25) is 13.8 Å². The highest BCUT2D eigenvalue weighted by Crippen LogP contribution is 2.41. The molecular weight excluding hydrogens is 563 g/mol. The number of aliphatic hydroxyl groups is 1. The van der Waals surface area contributed by atoms with Gasteiger partial charge in [0.05, 0.1) is 19.3 Å². The number of nitrogens with two attached hydrogens (primary N) is 1. The van der Waals surface area contributed by atoms with Gasteiger partial charge in [-0.25, -0.2) is 14.2 Å². The monoisotopic (exact) mass is 586 g/mol. The third-order valence-electron chi connectivity index (χ3n) is 5.43. The van der Waals surface area contributed by atoms with Crippen molar-refractivity contribution in [2.45, 2.75) is 6.54 Å². The number of carbonyl (C=O) groups is 1. The van der Waals surface area contributed by atoms with Crippen LogP contribution in [0.2, 0.25) is 0 Å². The first-order valence-corrected chi connectivity index (χ1v) is 13.7. The molecule has 0 aliphatic heterocycles. The zero-order chi connectivity index (χ0) is 28.9. The van der Waals surface area contributed by atoms with Gasteiger partial charge >= 0.3 is 16.4 Å². The number of hydrogen-bond donors (Lipinski definition) is 6. The maximum atomic E-state index is 13.3. The summed E-state index contributed by atoms with van der Waals surface area (Å²) in [5, 5.41) is 21.7. The van der Waals surface area contributed by atoms with Gasteiger partial charge in [-0.05, 0) is 41.3 Å². The van der Waals surface area contributed by atoms with Gasteiger partial charge in [0.15, 0.2) is 0 Å². The summed E-state index contributed by atoms with van der Waals surface area (Å²) < 4.78 is 47.6. The summed E-state index contributed by atoms with van der Waals surface area (Å²) in [6.07, 6.45) is 5.36. The number of urea groups is 1. The normalized spacial score (nSPS) is 11.1. The number of pyridine rings is 1. The van der Waals surface area contributed by atoms with Crippen LogP contribution in [0.3, 0.4) is 0 Å². The van der Waals surface area contributed by atoms with Gasteiger partial charge in [0.25, 0.3) is 0 Å². The predicted octanol–water partition coefficient (Wildman–Crippen LogP) is 4.53. The Morgan fingerprint density at radius 3 is 2.40 bits per heavy atom. The van der Waals surface area contributed by atoms with Gasteiger partial charge in [0.2, 0.25) is 0 Å². The number of nitrogens with zero attached hydrogens (tertiary/aromatic N) is 3. The minimum Gasteiger partial charge on any atom is -0.394 e. The molecule has 5 aromatic rings. The molecule has 40 heavy (non-hydrogen) atoms. The molecule has 0 spiro atoms. The summed E-state index contributed by atoms with van der Waals surface area (Å²) in [5.74, 6) is 0.00507. The Morgan fingerprint density at radius 2 is 1.73 bits per heavy atom. The number of carbonyl (C=O) groups excluding carboxylic acids is 1. The summed E-state index contributed by atoms with van der Waals surface area (Å²) in [5.41, 5.74) is 10.9. The molecule has 12 nitrogen and oxygen atoms in total. The van der Waals surface area contributed by atoms with Gasteiger partial charge in [0, 0.05) is 50.5 Å². The van der Waals surface area contributed by atoms with Gasteiger partial charge in [0.1, 0.15) is 11.6 Å². The molecule has 0 radical (unpaired) electrons. The molecular formula is C25H23FN6O6S2. The summed E-state index contributed by atoms with van der Waals surface area (Å²) in [6.45, 7) is 0.429. The highest BCUT2D eigenvalue weighted by Gasteiger charge is 2.16. The van der Waals surface area contributed by atoms with E-state index in [0.717, 1.165) is 32.3 Å². The minimum atomic E-state index is -4.67. The highest BCUT2D eigenvalue weighted by atomic mass is 32.3. The van der Waals surface area contributed by atoms with Gasteiger partial charge in [-0.2, -0.15) is 13.5 Å². The first-order chi connectivity index (χ1) is 19.0. The number of nitrogens with one attached hydrogen (secondary N) is 2. The SMILES string of the molecule is Nc1ncc(-c2cnn(CCO)c2)c2scc(-c3ccc(NC(=O)Nc4cccc(F)c4)cc3)c12.O=S(=O)(O)O. The molecule has 0 aliphatic carbocycles. The average Bonchev–Trinajstić information content (AvgIpc) is 3.52. The number of thiophene rings is 1. The number of aliphatic hydroxyl groups excluding tert-OH is 1. The largest absolute Gasteiger partial charge is 0.394 e. The second-order valence-electron chi connectivity index (χ2n) is 8.24. The maximum absolute atomic E-state index is 13.3. The molecule has 3 heterocycles. The number of nitrogen functional groups attached to an aromatic ring is 1. The van der Waals surface area contributed by atoms with Crippen molar-refractivity contribution in [3.05, 3.63) is 78.3 Å². The van der Waals surface area contributed by atoms with Crippen LogP contribution in [0.1, 0.15) is 0 Å². The lowest BCUT2D eigenvalue weighted by molar-refractivity contribution is 0.262. The first-order valence-electron chi connectivity index (χ1n) is 11.4. The van der Waals surface area contributed by atoms with E-state index in [0.29, 0.717) is 23.7 Å². The molecule has 0 aliphatic rings. The van der Waals surface area contributed by atoms with Crippen LogP contribution in [0.4, 0.5) is 26.4 Å². The number of anilines is 3. The Hall–Kier alpha value is -4.41. The number of benzene rings is 2. The van der Waals surface area contributed by atoms with E-state index >= 15 is 0 Å².